The fourth-order valence-electron chi connectivity index (χ4n) is 2.07. The standard InChI is InChI=1S/C13H19N3O/c1-13(7-2-8-13)9-15-12(17)10-3-5-11(16-14)6-4-10/h3-6,16H,2,7-9,14H2,1H3,(H,15,17). The quantitative estimate of drug-likeness (QED) is 0.549. The minimum absolute atomic E-state index is 0.0123. The molecule has 92 valence electrons. The maximum atomic E-state index is 11.9. The van der Waals surface area contributed by atoms with Crippen LogP contribution in [0.1, 0.15) is 36.5 Å². The lowest BCUT2D eigenvalue weighted by Gasteiger charge is -2.38. The number of hydrazine groups is 1. The highest BCUT2D eigenvalue weighted by molar-refractivity contribution is 5.94. The van der Waals surface area contributed by atoms with Crippen molar-refractivity contribution in [3.63, 3.8) is 0 Å². The molecule has 1 amide bonds. The minimum atomic E-state index is -0.0123. The van der Waals surface area contributed by atoms with Crippen LogP contribution in [-0.4, -0.2) is 12.5 Å². The molecular formula is C13H19N3O. The zero-order chi connectivity index (χ0) is 12.3. The van der Waals surface area contributed by atoms with Crippen molar-refractivity contribution in [2.45, 2.75) is 26.2 Å². The van der Waals surface area contributed by atoms with Gasteiger partial charge in [0.15, 0.2) is 0 Å². The Kier molecular flexibility index (Phi) is 3.33. The summed E-state index contributed by atoms with van der Waals surface area (Å²) in [6.45, 7) is 2.99. The molecule has 0 atom stereocenters. The number of hydrogen-bond donors (Lipinski definition) is 3. The third kappa shape index (κ3) is 2.77. The topological polar surface area (TPSA) is 67.2 Å². The van der Waals surface area contributed by atoms with Crippen LogP contribution in [-0.2, 0) is 0 Å². The van der Waals surface area contributed by atoms with E-state index in [1.807, 2.05) is 0 Å². The van der Waals surface area contributed by atoms with Gasteiger partial charge in [-0.2, -0.15) is 0 Å². The number of benzene rings is 1. The molecule has 4 heteroatoms. The number of rotatable bonds is 4. The second-order valence-electron chi connectivity index (χ2n) is 5.07. The third-order valence-electron chi connectivity index (χ3n) is 3.55. The zero-order valence-corrected chi connectivity index (χ0v) is 10.1. The lowest BCUT2D eigenvalue weighted by atomic mass is 9.70. The fraction of sp³-hybridized carbons (Fsp3) is 0.462. The fourth-order valence-corrected chi connectivity index (χ4v) is 2.07. The van der Waals surface area contributed by atoms with Gasteiger partial charge in [0.25, 0.3) is 5.91 Å². The Balaban J connectivity index is 1.90. The summed E-state index contributed by atoms with van der Waals surface area (Å²) in [5.41, 5.74) is 4.32. The summed E-state index contributed by atoms with van der Waals surface area (Å²) in [6.07, 6.45) is 3.70. The molecule has 1 aromatic carbocycles. The molecule has 2 rings (SSSR count). The van der Waals surface area contributed by atoms with Gasteiger partial charge in [0, 0.05) is 17.8 Å². The van der Waals surface area contributed by atoms with Crippen molar-refractivity contribution >= 4 is 11.6 Å². The Labute approximate surface area is 102 Å². The molecule has 0 radical (unpaired) electrons. The molecule has 0 bridgehead atoms. The van der Waals surface area contributed by atoms with Crippen molar-refractivity contribution in [3.8, 4) is 0 Å². The molecule has 1 saturated carbocycles. The molecule has 0 unspecified atom stereocenters. The predicted octanol–water partition coefficient (Wildman–Crippen LogP) is 1.89. The molecule has 1 aromatic rings. The van der Waals surface area contributed by atoms with Gasteiger partial charge in [-0.25, -0.2) is 0 Å². The number of nitrogen functional groups attached to an aromatic ring is 1. The van der Waals surface area contributed by atoms with Crippen molar-refractivity contribution in [1.82, 2.24) is 5.32 Å². The number of carbonyl (C=O) groups is 1. The highest BCUT2D eigenvalue weighted by atomic mass is 16.1. The predicted molar refractivity (Wildman–Crippen MR) is 68.5 cm³/mol. The smallest absolute Gasteiger partial charge is 0.251 e. The summed E-state index contributed by atoms with van der Waals surface area (Å²) in [5.74, 6) is 5.25. The molecule has 0 aliphatic heterocycles. The third-order valence-corrected chi connectivity index (χ3v) is 3.55. The van der Waals surface area contributed by atoms with E-state index < -0.39 is 0 Å². The highest BCUT2D eigenvalue weighted by Gasteiger charge is 2.31. The van der Waals surface area contributed by atoms with Gasteiger partial charge >= 0.3 is 0 Å². The van der Waals surface area contributed by atoms with E-state index in [0.717, 1.165) is 12.2 Å². The van der Waals surface area contributed by atoms with E-state index >= 15 is 0 Å². The van der Waals surface area contributed by atoms with Crippen molar-refractivity contribution in [1.29, 1.82) is 0 Å². The van der Waals surface area contributed by atoms with Crippen LogP contribution in [0.2, 0.25) is 0 Å². The van der Waals surface area contributed by atoms with E-state index in [1.165, 1.54) is 19.3 Å². The summed E-state index contributed by atoms with van der Waals surface area (Å²) in [7, 11) is 0. The van der Waals surface area contributed by atoms with E-state index in [1.54, 1.807) is 24.3 Å². The number of hydrogen-bond acceptors (Lipinski definition) is 3. The van der Waals surface area contributed by atoms with E-state index in [-0.39, 0.29) is 5.91 Å². The van der Waals surface area contributed by atoms with Crippen LogP contribution < -0.4 is 16.6 Å². The second kappa shape index (κ2) is 4.75. The number of nitrogens with one attached hydrogen (secondary N) is 2. The van der Waals surface area contributed by atoms with Crippen LogP contribution >= 0.6 is 0 Å². The number of nitrogens with two attached hydrogens (primary N) is 1. The lowest BCUT2D eigenvalue weighted by molar-refractivity contribution is 0.0891. The normalized spacial score (nSPS) is 17.1. The van der Waals surface area contributed by atoms with Crippen LogP contribution in [0.3, 0.4) is 0 Å². The van der Waals surface area contributed by atoms with Crippen molar-refractivity contribution < 1.29 is 4.79 Å². The maximum Gasteiger partial charge on any atom is 0.251 e. The summed E-state index contributed by atoms with van der Waals surface area (Å²) >= 11 is 0. The van der Waals surface area contributed by atoms with Crippen molar-refractivity contribution in [3.05, 3.63) is 29.8 Å². The van der Waals surface area contributed by atoms with Gasteiger partial charge < -0.3 is 10.7 Å². The first-order valence-corrected chi connectivity index (χ1v) is 5.98. The molecule has 0 heterocycles. The van der Waals surface area contributed by atoms with Gasteiger partial charge in [-0.1, -0.05) is 13.3 Å². The molecule has 0 spiro atoms. The molecule has 0 saturated heterocycles. The Hall–Kier alpha value is -1.55. The maximum absolute atomic E-state index is 11.9. The Bertz CT molecular complexity index is 396. The minimum Gasteiger partial charge on any atom is -0.351 e. The van der Waals surface area contributed by atoms with Crippen LogP contribution in [0, 0.1) is 5.41 Å². The van der Waals surface area contributed by atoms with Crippen LogP contribution in [0.15, 0.2) is 24.3 Å². The van der Waals surface area contributed by atoms with Gasteiger partial charge in [0.2, 0.25) is 0 Å². The van der Waals surface area contributed by atoms with E-state index in [0.29, 0.717) is 11.0 Å². The molecule has 0 aromatic heterocycles. The van der Waals surface area contributed by atoms with Crippen LogP contribution in [0.25, 0.3) is 0 Å². The molecule has 17 heavy (non-hydrogen) atoms. The molecule has 1 aliphatic rings. The number of amides is 1. The molecule has 4 N–H and O–H groups in total. The van der Waals surface area contributed by atoms with Gasteiger partial charge in [-0.05, 0) is 42.5 Å². The number of carbonyl (C=O) groups excluding carboxylic acids is 1. The van der Waals surface area contributed by atoms with Gasteiger partial charge in [0.05, 0.1) is 0 Å². The first-order valence-electron chi connectivity index (χ1n) is 5.98. The monoisotopic (exact) mass is 233 g/mol. The summed E-state index contributed by atoms with van der Waals surface area (Å²) < 4.78 is 0. The Morgan fingerprint density at radius 2 is 2.00 bits per heavy atom. The Morgan fingerprint density at radius 3 is 2.47 bits per heavy atom. The summed E-state index contributed by atoms with van der Waals surface area (Å²) in [4.78, 5) is 11.9. The summed E-state index contributed by atoms with van der Waals surface area (Å²) in [5, 5.41) is 2.99. The van der Waals surface area contributed by atoms with Crippen molar-refractivity contribution in [2.24, 2.45) is 11.3 Å². The van der Waals surface area contributed by atoms with E-state index in [4.69, 9.17) is 5.84 Å². The first-order chi connectivity index (χ1) is 8.13. The number of anilines is 1. The SMILES string of the molecule is CC1(CNC(=O)c2ccc(NN)cc2)CCC1. The van der Waals surface area contributed by atoms with Crippen LogP contribution in [0.4, 0.5) is 5.69 Å². The average Bonchev–Trinajstić information content (AvgIpc) is 2.33. The van der Waals surface area contributed by atoms with Gasteiger partial charge in [0.1, 0.15) is 0 Å². The summed E-state index contributed by atoms with van der Waals surface area (Å²) in [6, 6.07) is 7.13. The lowest BCUT2D eigenvalue weighted by Crippen LogP contribution is -2.39. The van der Waals surface area contributed by atoms with E-state index in [9.17, 15) is 4.79 Å². The largest absolute Gasteiger partial charge is 0.351 e. The molecule has 4 nitrogen and oxygen atoms in total. The molecule has 1 aliphatic carbocycles. The second-order valence-corrected chi connectivity index (χ2v) is 5.07. The molecular weight excluding hydrogens is 214 g/mol. The zero-order valence-electron chi connectivity index (χ0n) is 10.1. The van der Waals surface area contributed by atoms with Crippen molar-refractivity contribution in [2.75, 3.05) is 12.0 Å². The Morgan fingerprint density at radius 1 is 1.35 bits per heavy atom. The van der Waals surface area contributed by atoms with Crippen LogP contribution in [0.5, 0.6) is 0 Å². The highest BCUT2D eigenvalue weighted by Crippen LogP contribution is 2.39. The molecule has 1 fully saturated rings. The first kappa shape index (κ1) is 11.9. The van der Waals surface area contributed by atoms with Gasteiger partial charge in [-0.15, -0.1) is 0 Å². The van der Waals surface area contributed by atoms with E-state index in [2.05, 4.69) is 17.7 Å². The van der Waals surface area contributed by atoms with Gasteiger partial charge in [-0.3, -0.25) is 10.6 Å². The average molecular weight is 233 g/mol.